The Morgan fingerprint density at radius 3 is 2.59 bits per heavy atom. The number of hydrogen-bond donors (Lipinski definition) is 2. The fraction of sp³-hybridized carbons (Fsp3) is 0.611. The summed E-state index contributed by atoms with van der Waals surface area (Å²) in [5.74, 6) is 0.818. The van der Waals surface area contributed by atoms with Crippen LogP contribution in [0.25, 0.3) is 11.0 Å². The molecule has 1 aromatic heterocycles. The van der Waals surface area contributed by atoms with Crippen molar-refractivity contribution in [3.63, 3.8) is 0 Å². The van der Waals surface area contributed by atoms with Crippen LogP contribution in [-0.2, 0) is 16.1 Å². The molecule has 0 atom stereocenters. The third-order valence-corrected chi connectivity index (χ3v) is 5.00. The monoisotopic (exact) mass is 438 g/mol. The van der Waals surface area contributed by atoms with Crippen LogP contribution in [0.2, 0.25) is 5.02 Å². The minimum Gasteiger partial charge on any atom is -0.379 e. The molecule has 2 heterocycles. The molecule has 9 heteroatoms. The molecule has 1 aromatic carbocycles. The van der Waals surface area contributed by atoms with E-state index in [2.05, 4.69) is 40.1 Å². The number of nitrogens with zero attached hydrogens (tertiary/aromatic N) is 2. The van der Waals surface area contributed by atoms with Crippen LogP contribution in [0.5, 0.6) is 0 Å². The van der Waals surface area contributed by atoms with Gasteiger partial charge in [-0.05, 0) is 32.4 Å². The first kappa shape index (κ1) is 24.3. The van der Waals surface area contributed by atoms with Gasteiger partial charge in [-0.3, -0.25) is 0 Å². The zero-order chi connectivity index (χ0) is 17.9. The molecule has 154 valence electrons. The fourth-order valence-corrected chi connectivity index (χ4v) is 3.16. The van der Waals surface area contributed by atoms with Crippen LogP contribution in [0.3, 0.4) is 0 Å². The number of piperazine rings is 1. The first-order valence-corrected chi connectivity index (χ1v) is 9.13. The Hall–Kier alpha value is -0.760. The van der Waals surface area contributed by atoms with Crippen molar-refractivity contribution in [1.82, 2.24) is 15.3 Å². The zero-order valence-corrected chi connectivity index (χ0v) is 18.4. The minimum absolute atomic E-state index is 0. The Bertz CT molecular complexity index is 718. The number of anilines is 1. The number of hydrogen-bond acceptors (Lipinski definition) is 5. The maximum Gasteiger partial charge on any atom is 0.133 e. The quantitative estimate of drug-likeness (QED) is 0.643. The van der Waals surface area contributed by atoms with E-state index in [0.29, 0.717) is 13.2 Å². The Balaban J connectivity index is 0.00000182. The van der Waals surface area contributed by atoms with E-state index in [0.717, 1.165) is 60.2 Å². The van der Waals surface area contributed by atoms with Crippen LogP contribution < -0.4 is 10.2 Å². The second-order valence-corrected chi connectivity index (χ2v) is 7.41. The number of fused-ring (bicyclic) bond motifs is 1. The number of aromatic nitrogens is 2. The lowest BCUT2D eigenvalue weighted by Gasteiger charge is -2.30. The van der Waals surface area contributed by atoms with Gasteiger partial charge in [-0.25, -0.2) is 4.98 Å². The number of H-pyrrole nitrogens is 1. The van der Waals surface area contributed by atoms with Gasteiger partial charge in [-0.1, -0.05) is 11.6 Å². The predicted molar refractivity (Wildman–Crippen MR) is 116 cm³/mol. The lowest BCUT2D eigenvalue weighted by molar-refractivity contribution is -0.0131. The molecule has 0 aliphatic carbocycles. The Labute approximate surface area is 178 Å². The number of aromatic amines is 1. The summed E-state index contributed by atoms with van der Waals surface area (Å²) in [5, 5.41) is 4.10. The summed E-state index contributed by atoms with van der Waals surface area (Å²) >= 11 is 6.48. The second kappa shape index (κ2) is 10.7. The maximum absolute atomic E-state index is 6.48. The molecule has 27 heavy (non-hydrogen) atoms. The first-order valence-electron chi connectivity index (χ1n) is 8.75. The summed E-state index contributed by atoms with van der Waals surface area (Å²) < 4.78 is 11.1. The van der Waals surface area contributed by atoms with Crippen LogP contribution in [-0.4, -0.2) is 55.5 Å². The molecule has 6 nitrogen and oxygen atoms in total. The molecule has 1 aliphatic rings. The van der Waals surface area contributed by atoms with E-state index < -0.39 is 0 Å². The summed E-state index contributed by atoms with van der Waals surface area (Å²) in [4.78, 5) is 10.2. The standard InChI is InChI=1S/C18H27ClN4O2.2ClH/c1-18(2,24-3)4-9-25-12-17-21-14-10-13(19)16(11-15(14)22-17)23-7-5-20-6-8-23;;/h10-11,20H,4-9,12H2,1-3H3,(H,21,22);2*1H. The number of rotatable bonds is 7. The van der Waals surface area contributed by atoms with Gasteiger partial charge in [0, 0.05) is 39.9 Å². The van der Waals surface area contributed by atoms with Crippen LogP contribution in [0.15, 0.2) is 12.1 Å². The third kappa shape index (κ3) is 6.38. The SMILES string of the molecule is COC(C)(C)CCOCc1nc2cc(Cl)c(N3CCNCC3)cc2[nH]1.Cl.Cl. The van der Waals surface area contributed by atoms with Crippen molar-refractivity contribution in [2.75, 3.05) is 44.8 Å². The van der Waals surface area contributed by atoms with Gasteiger partial charge in [0.25, 0.3) is 0 Å². The summed E-state index contributed by atoms with van der Waals surface area (Å²) in [6, 6.07) is 4.02. The molecule has 0 saturated carbocycles. The Morgan fingerprint density at radius 1 is 1.22 bits per heavy atom. The summed E-state index contributed by atoms with van der Waals surface area (Å²) in [7, 11) is 1.72. The Morgan fingerprint density at radius 2 is 1.93 bits per heavy atom. The highest BCUT2D eigenvalue weighted by molar-refractivity contribution is 6.34. The predicted octanol–water partition coefficient (Wildman–Crippen LogP) is 3.80. The number of benzene rings is 1. The lowest BCUT2D eigenvalue weighted by atomic mass is 10.1. The summed E-state index contributed by atoms with van der Waals surface area (Å²) in [6.45, 7) is 9.08. The van der Waals surface area contributed by atoms with E-state index in [4.69, 9.17) is 21.1 Å². The topological polar surface area (TPSA) is 62.4 Å². The summed E-state index contributed by atoms with van der Waals surface area (Å²) in [6.07, 6.45) is 0.836. The number of imidazole rings is 1. The summed E-state index contributed by atoms with van der Waals surface area (Å²) in [5.41, 5.74) is 2.77. The normalized spacial score (nSPS) is 14.7. The molecular formula is C18H29Cl3N4O2. The molecule has 0 amide bonds. The average Bonchev–Trinajstić information content (AvgIpc) is 3.00. The molecule has 1 saturated heterocycles. The van der Waals surface area contributed by atoms with Gasteiger partial charge in [-0.2, -0.15) is 0 Å². The average molecular weight is 440 g/mol. The molecule has 0 bridgehead atoms. The molecule has 3 rings (SSSR count). The van der Waals surface area contributed by atoms with Crippen LogP contribution in [0.4, 0.5) is 5.69 Å². The van der Waals surface area contributed by atoms with Crippen LogP contribution in [0, 0.1) is 0 Å². The van der Waals surface area contributed by atoms with Crippen LogP contribution >= 0.6 is 36.4 Å². The van der Waals surface area contributed by atoms with E-state index in [1.165, 1.54) is 0 Å². The van der Waals surface area contributed by atoms with Crippen molar-refractivity contribution in [2.24, 2.45) is 0 Å². The molecular weight excluding hydrogens is 411 g/mol. The maximum atomic E-state index is 6.48. The van der Waals surface area contributed by atoms with Crippen molar-refractivity contribution in [1.29, 1.82) is 0 Å². The highest BCUT2D eigenvalue weighted by Crippen LogP contribution is 2.30. The van der Waals surface area contributed by atoms with Gasteiger partial charge in [0.2, 0.25) is 0 Å². The van der Waals surface area contributed by atoms with E-state index in [1.807, 2.05) is 6.07 Å². The van der Waals surface area contributed by atoms with Gasteiger partial charge in [0.1, 0.15) is 12.4 Å². The lowest BCUT2D eigenvalue weighted by Crippen LogP contribution is -2.43. The van der Waals surface area contributed by atoms with Crippen molar-refractivity contribution in [3.8, 4) is 0 Å². The highest BCUT2D eigenvalue weighted by Gasteiger charge is 2.17. The van der Waals surface area contributed by atoms with Gasteiger partial charge in [-0.15, -0.1) is 24.8 Å². The molecule has 1 aliphatic heterocycles. The number of halogens is 3. The first-order chi connectivity index (χ1) is 12.0. The number of ether oxygens (including phenoxy) is 2. The molecule has 1 fully saturated rings. The zero-order valence-electron chi connectivity index (χ0n) is 16.0. The van der Waals surface area contributed by atoms with Gasteiger partial charge >= 0.3 is 0 Å². The number of nitrogens with one attached hydrogen (secondary N) is 2. The fourth-order valence-electron chi connectivity index (χ4n) is 2.88. The van der Waals surface area contributed by atoms with Gasteiger partial charge in [0.15, 0.2) is 0 Å². The van der Waals surface area contributed by atoms with Crippen molar-refractivity contribution in [2.45, 2.75) is 32.5 Å². The van der Waals surface area contributed by atoms with E-state index in [9.17, 15) is 0 Å². The smallest absolute Gasteiger partial charge is 0.133 e. The van der Waals surface area contributed by atoms with Crippen molar-refractivity contribution >= 4 is 53.1 Å². The Kier molecular flexibility index (Phi) is 9.62. The number of methoxy groups -OCH3 is 1. The second-order valence-electron chi connectivity index (χ2n) is 7.01. The molecule has 0 spiro atoms. The van der Waals surface area contributed by atoms with Crippen LogP contribution in [0.1, 0.15) is 26.1 Å². The minimum atomic E-state index is -0.167. The molecule has 2 N–H and O–H groups in total. The highest BCUT2D eigenvalue weighted by atomic mass is 35.5. The van der Waals surface area contributed by atoms with E-state index >= 15 is 0 Å². The van der Waals surface area contributed by atoms with Crippen molar-refractivity contribution in [3.05, 3.63) is 23.0 Å². The van der Waals surface area contributed by atoms with Gasteiger partial charge < -0.3 is 24.7 Å². The molecule has 0 unspecified atom stereocenters. The largest absolute Gasteiger partial charge is 0.379 e. The van der Waals surface area contributed by atoms with Gasteiger partial charge in [0.05, 0.1) is 27.3 Å². The molecule has 0 radical (unpaired) electrons. The van der Waals surface area contributed by atoms with E-state index in [1.54, 1.807) is 7.11 Å². The molecule has 2 aromatic rings. The van der Waals surface area contributed by atoms with Crippen molar-refractivity contribution < 1.29 is 9.47 Å². The van der Waals surface area contributed by atoms with E-state index in [-0.39, 0.29) is 30.4 Å². The third-order valence-electron chi connectivity index (χ3n) is 4.70.